The van der Waals surface area contributed by atoms with Crippen LogP contribution in [-0.2, 0) is 16.2 Å². The Labute approximate surface area is 155 Å². The highest BCUT2D eigenvalue weighted by molar-refractivity contribution is 7.89. The zero-order valence-corrected chi connectivity index (χ0v) is 15.3. The number of hydrogen-bond donors (Lipinski definition) is 0. The molecule has 1 fully saturated rings. The summed E-state index contributed by atoms with van der Waals surface area (Å²) < 4.78 is 67.3. The first kappa shape index (κ1) is 19.6. The van der Waals surface area contributed by atoms with Gasteiger partial charge in [0.1, 0.15) is 0 Å². The second kappa shape index (κ2) is 7.09. The maximum Gasteiger partial charge on any atom is 0.416 e. The Bertz CT molecular complexity index is 953. The first-order valence-corrected chi connectivity index (χ1v) is 9.85. The van der Waals surface area contributed by atoms with E-state index in [9.17, 15) is 26.4 Å². The van der Waals surface area contributed by atoms with Gasteiger partial charge in [-0.1, -0.05) is 30.3 Å². The molecule has 2 aromatic rings. The normalized spacial score (nSPS) is 18.6. The molecule has 0 N–H and O–H groups in total. The van der Waals surface area contributed by atoms with E-state index in [-0.39, 0.29) is 22.8 Å². The number of carbonyl (C=O) groups is 1. The number of sulfonamides is 1. The van der Waals surface area contributed by atoms with Crippen LogP contribution in [0.5, 0.6) is 0 Å². The van der Waals surface area contributed by atoms with Crippen molar-refractivity contribution in [1.82, 2.24) is 4.31 Å². The van der Waals surface area contributed by atoms with E-state index < -0.39 is 27.8 Å². The molecule has 0 bridgehead atoms. The fraction of sp³-hybridized carbons (Fsp3) is 0.316. The Morgan fingerprint density at radius 3 is 2.30 bits per heavy atom. The van der Waals surface area contributed by atoms with Crippen molar-refractivity contribution < 1.29 is 26.4 Å². The maximum absolute atomic E-state index is 13.4. The van der Waals surface area contributed by atoms with Gasteiger partial charge in [-0.05, 0) is 43.5 Å². The molecule has 0 amide bonds. The molecule has 3 rings (SSSR count). The molecule has 0 saturated carbocycles. The number of carbonyl (C=O) groups excluding carboxylic acids is 1. The third-order valence-electron chi connectivity index (χ3n) is 4.70. The van der Waals surface area contributed by atoms with Crippen LogP contribution in [0.15, 0.2) is 53.4 Å². The van der Waals surface area contributed by atoms with Crippen molar-refractivity contribution in [3.8, 4) is 0 Å². The second-order valence-corrected chi connectivity index (χ2v) is 8.33. The predicted octanol–water partition coefficient (Wildman–Crippen LogP) is 4.43. The van der Waals surface area contributed by atoms with Crippen LogP contribution in [0, 0.1) is 0 Å². The van der Waals surface area contributed by atoms with Gasteiger partial charge < -0.3 is 0 Å². The van der Waals surface area contributed by atoms with Crippen LogP contribution in [0.25, 0.3) is 0 Å². The Hall–Kier alpha value is -2.19. The Balaban J connectivity index is 2.01. The Kier molecular flexibility index (Phi) is 5.14. The lowest BCUT2D eigenvalue weighted by molar-refractivity contribution is -0.138. The molecule has 1 atom stereocenters. The largest absolute Gasteiger partial charge is 0.416 e. The van der Waals surface area contributed by atoms with Crippen molar-refractivity contribution in [3.63, 3.8) is 0 Å². The monoisotopic (exact) mass is 397 g/mol. The average Bonchev–Trinajstić information content (AvgIpc) is 3.11. The van der Waals surface area contributed by atoms with Gasteiger partial charge >= 0.3 is 6.18 Å². The van der Waals surface area contributed by atoms with Crippen LogP contribution >= 0.6 is 0 Å². The number of benzene rings is 2. The van der Waals surface area contributed by atoms with Gasteiger partial charge in [-0.25, -0.2) is 8.42 Å². The molecule has 1 aliphatic rings. The SMILES string of the molecule is CC(=O)c1ccc(S(=O)(=O)N2CCCC2c2ccccc2C(F)(F)F)cc1. The van der Waals surface area contributed by atoms with Crippen molar-refractivity contribution in [3.05, 3.63) is 65.2 Å². The van der Waals surface area contributed by atoms with Gasteiger partial charge in [-0.3, -0.25) is 4.79 Å². The molecule has 0 radical (unpaired) electrons. The second-order valence-electron chi connectivity index (χ2n) is 6.44. The standard InChI is InChI=1S/C19H18F3NO3S/c1-13(24)14-8-10-15(11-9-14)27(25,26)23-12-4-7-18(23)16-5-2-3-6-17(16)19(20,21)22/h2-3,5-6,8-11,18H,4,7,12H2,1H3. The van der Waals surface area contributed by atoms with Crippen molar-refractivity contribution in [2.24, 2.45) is 0 Å². The van der Waals surface area contributed by atoms with Crippen LogP contribution in [0.2, 0.25) is 0 Å². The number of nitrogens with zero attached hydrogens (tertiary/aromatic N) is 1. The molecule has 1 heterocycles. The third-order valence-corrected chi connectivity index (χ3v) is 6.62. The molecule has 1 unspecified atom stereocenters. The molecule has 2 aromatic carbocycles. The summed E-state index contributed by atoms with van der Waals surface area (Å²) in [6, 6.07) is 9.65. The average molecular weight is 397 g/mol. The number of ketones is 1. The van der Waals surface area contributed by atoms with Gasteiger partial charge in [-0.15, -0.1) is 0 Å². The lowest BCUT2D eigenvalue weighted by Gasteiger charge is -2.26. The zero-order chi connectivity index (χ0) is 19.8. The van der Waals surface area contributed by atoms with Crippen molar-refractivity contribution in [1.29, 1.82) is 0 Å². The summed E-state index contributed by atoms with van der Waals surface area (Å²) in [6.45, 7) is 1.52. The van der Waals surface area contributed by atoms with Crippen molar-refractivity contribution in [2.75, 3.05) is 6.54 Å². The van der Waals surface area contributed by atoms with Gasteiger partial charge in [0.05, 0.1) is 16.5 Å². The number of alkyl halides is 3. The summed E-state index contributed by atoms with van der Waals surface area (Å²) >= 11 is 0. The Morgan fingerprint density at radius 1 is 1.07 bits per heavy atom. The first-order chi connectivity index (χ1) is 12.6. The van der Waals surface area contributed by atoms with Crippen molar-refractivity contribution in [2.45, 2.75) is 36.9 Å². The maximum atomic E-state index is 13.4. The van der Waals surface area contributed by atoms with E-state index in [0.29, 0.717) is 18.4 Å². The highest BCUT2D eigenvalue weighted by Crippen LogP contribution is 2.42. The van der Waals surface area contributed by atoms with Gasteiger partial charge in [0.2, 0.25) is 10.0 Å². The van der Waals surface area contributed by atoms with Gasteiger partial charge in [-0.2, -0.15) is 17.5 Å². The lowest BCUT2D eigenvalue weighted by atomic mass is 9.99. The lowest BCUT2D eigenvalue weighted by Crippen LogP contribution is -2.31. The van der Waals surface area contributed by atoms with Crippen LogP contribution in [0.4, 0.5) is 13.2 Å². The Morgan fingerprint density at radius 2 is 1.70 bits per heavy atom. The van der Waals surface area contributed by atoms with E-state index in [1.807, 2.05) is 0 Å². The van der Waals surface area contributed by atoms with E-state index in [0.717, 1.165) is 10.4 Å². The number of hydrogen-bond acceptors (Lipinski definition) is 3. The van der Waals surface area contributed by atoms with Crippen molar-refractivity contribution >= 4 is 15.8 Å². The molecule has 0 aliphatic carbocycles. The van der Waals surface area contributed by atoms with Gasteiger partial charge in [0.25, 0.3) is 0 Å². The molecule has 144 valence electrons. The van der Waals surface area contributed by atoms with Crippen LogP contribution < -0.4 is 0 Å². The minimum absolute atomic E-state index is 0.0357. The summed E-state index contributed by atoms with van der Waals surface area (Å²) in [5.74, 6) is -0.197. The van der Waals surface area contributed by atoms with E-state index in [1.54, 1.807) is 0 Å². The number of Topliss-reactive ketones (excluding diaryl/α,β-unsaturated/α-hetero) is 1. The fourth-order valence-corrected chi connectivity index (χ4v) is 5.06. The predicted molar refractivity (Wildman–Crippen MR) is 93.8 cm³/mol. The van der Waals surface area contributed by atoms with E-state index in [2.05, 4.69) is 0 Å². The minimum atomic E-state index is -4.56. The highest BCUT2D eigenvalue weighted by atomic mass is 32.2. The fourth-order valence-electron chi connectivity index (χ4n) is 3.38. The molecule has 27 heavy (non-hydrogen) atoms. The molecule has 4 nitrogen and oxygen atoms in total. The molecule has 0 spiro atoms. The topological polar surface area (TPSA) is 54.5 Å². The number of rotatable bonds is 4. The summed E-state index contributed by atoms with van der Waals surface area (Å²) in [6.07, 6.45) is -3.77. The minimum Gasteiger partial charge on any atom is -0.295 e. The molecule has 1 saturated heterocycles. The van der Waals surface area contributed by atoms with Crippen LogP contribution in [0.1, 0.15) is 47.3 Å². The molecular weight excluding hydrogens is 379 g/mol. The van der Waals surface area contributed by atoms with Gasteiger partial charge in [0.15, 0.2) is 5.78 Å². The summed E-state index contributed by atoms with van der Waals surface area (Å²) in [5, 5.41) is 0. The smallest absolute Gasteiger partial charge is 0.295 e. The molecule has 0 aromatic heterocycles. The highest BCUT2D eigenvalue weighted by Gasteiger charge is 2.41. The van der Waals surface area contributed by atoms with E-state index >= 15 is 0 Å². The van der Waals surface area contributed by atoms with Gasteiger partial charge in [0, 0.05) is 12.1 Å². The quantitative estimate of drug-likeness (QED) is 0.717. The first-order valence-electron chi connectivity index (χ1n) is 8.41. The zero-order valence-electron chi connectivity index (χ0n) is 14.5. The van der Waals surface area contributed by atoms with E-state index in [1.165, 1.54) is 49.4 Å². The number of halogens is 3. The van der Waals surface area contributed by atoms with Crippen LogP contribution in [0.3, 0.4) is 0 Å². The third kappa shape index (κ3) is 3.77. The van der Waals surface area contributed by atoms with Crippen LogP contribution in [-0.4, -0.2) is 25.1 Å². The molecule has 8 heteroatoms. The van der Waals surface area contributed by atoms with E-state index in [4.69, 9.17) is 0 Å². The summed E-state index contributed by atoms with van der Waals surface area (Å²) in [4.78, 5) is 11.3. The summed E-state index contributed by atoms with van der Waals surface area (Å²) in [7, 11) is -3.99. The summed E-state index contributed by atoms with van der Waals surface area (Å²) in [5.41, 5.74) is -0.482. The molecule has 1 aliphatic heterocycles. The molecular formula is C19H18F3NO3S.